The molecule has 61 heavy (non-hydrogen) atoms. The highest BCUT2D eigenvalue weighted by Crippen LogP contribution is 2.32. The van der Waals surface area contributed by atoms with E-state index in [0.717, 1.165) is 96.3 Å². The van der Waals surface area contributed by atoms with Crippen molar-refractivity contribution < 1.29 is 29.7 Å². The van der Waals surface area contributed by atoms with Gasteiger partial charge in [0, 0.05) is 19.3 Å². The number of ketones is 3. The van der Waals surface area contributed by atoms with E-state index in [4.69, 9.17) is 0 Å². The number of aliphatic hydroxyl groups excluding tert-OH is 1. The first kappa shape index (κ1) is 59.4. The molecule has 0 saturated carbocycles. The van der Waals surface area contributed by atoms with Gasteiger partial charge in [-0.25, -0.2) is 0 Å². The van der Waals surface area contributed by atoms with Gasteiger partial charge in [0.05, 0.1) is 6.61 Å². The predicted molar refractivity (Wildman–Crippen MR) is 261 cm³/mol. The average Bonchev–Trinajstić information content (AvgIpc) is 3.26. The summed E-state index contributed by atoms with van der Waals surface area (Å²) in [6.07, 6.45) is 52.4. The molecule has 3 N–H and O–H groups in total. The van der Waals surface area contributed by atoms with Crippen molar-refractivity contribution in [1.29, 1.82) is 0 Å². The lowest BCUT2D eigenvalue weighted by molar-refractivity contribution is -0.194. The molecule has 0 aromatic rings. The summed E-state index contributed by atoms with van der Waals surface area (Å²) in [5, 5.41) is 34.1. The summed E-state index contributed by atoms with van der Waals surface area (Å²) in [7, 11) is 0. The molecule has 0 radical (unpaired) electrons. The molecule has 6 nitrogen and oxygen atoms in total. The van der Waals surface area contributed by atoms with Gasteiger partial charge in [-0.15, -0.1) is 0 Å². The molecule has 1 unspecified atom stereocenters. The van der Waals surface area contributed by atoms with Crippen LogP contribution in [-0.4, -0.2) is 50.5 Å². The Morgan fingerprint density at radius 2 is 0.541 bits per heavy atom. The molecule has 0 heterocycles. The van der Waals surface area contributed by atoms with Gasteiger partial charge < -0.3 is 15.3 Å². The molecule has 0 aromatic carbocycles. The molecule has 0 aliphatic carbocycles. The minimum atomic E-state index is -2.93. The first-order valence-electron chi connectivity index (χ1n) is 26.7. The van der Waals surface area contributed by atoms with Crippen LogP contribution in [0.15, 0.2) is 24.3 Å². The molecule has 0 amide bonds. The Morgan fingerprint density at radius 3 is 0.787 bits per heavy atom. The maximum atomic E-state index is 13.8. The number of hydrogen-bond donors (Lipinski definition) is 3. The summed E-state index contributed by atoms with van der Waals surface area (Å²) in [6.45, 7) is 5.58. The van der Waals surface area contributed by atoms with E-state index >= 15 is 0 Å². The van der Waals surface area contributed by atoms with Crippen molar-refractivity contribution in [1.82, 2.24) is 0 Å². The molecular formula is C55H102O6. The summed E-state index contributed by atoms with van der Waals surface area (Å²) in [5.41, 5.74) is -5.76. The largest absolute Gasteiger partial charge is 0.393 e. The minimum absolute atomic E-state index is 0.0848. The normalized spacial score (nSPS) is 13.9. The third kappa shape index (κ3) is 31.0. The number of hydrogen-bond acceptors (Lipinski definition) is 6. The molecule has 358 valence electrons. The fourth-order valence-corrected chi connectivity index (χ4v) is 8.61. The van der Waals surface area contributed by atoms with Crippen molar-refractivity contribution in [2.75, 3.05) is 6.61 Å². The third-order valence-electron chi connectivity index (χ3n) is 12.9. The second-order valence-electron chi connectivity index (χ2n) is 18.7. The van der Waals surface area contributed by atoms with E-state index in [1.807, 2.05) is 0 Å². The van der Waals surface area contributed by atoms with E-state index in [1.165, 1.54) is 135 Å². The average molecular weight is 859 g/mol. The lowest BCUT2D eigenvalue weighted by Gasteiger charge is -2.39. The summed E-state index contributed by atoms with van der Waals surface area (Å²) < 4.78 is 0. The standard InChI is InChI=1S/C55H102O6/c1-4-7-10-13-16-19-22-25-27-30-33-36-39-42-45-48-52(58)55(61,53(59)49-46-43-40-37-34-31-28-26-23-20-17-14-11-8-5-2)54(60,50-56)51(57)47-44-41-38-35-32-29-24-21-18-15-12-9-6-3/h25-28,56,60-61H,4-24,29-50H2,1-3H3. The van der Waals surface area contributed by atoms with E-state index in [0.29, 0.717) is 19.3 Å². The maximum Gasteiger partial charge on any atom is 0.219 e. The van der Waals surface area contributed by atoms with Crippen molar-refractivity contribution in [2.24, 2.45) is 0 Å². The lowest BCUT2D eigenvalue weighted by Crippen LogP contribution is -2.69. The Labute approximate surface area is 378 Å². The van der Waals surface area contributed by atoms with Gasteiger partial charge in [-0.3, -0.25) is 14.4 Å². The van der Waals surface area contributed by atoms with Crippen molar-refractivity contribution in [2.45, 2.75) is 302 Å². The molecule has 0 aromatic heterocycles. The molecule has 0 aliphatic rings. The van der Waals surface area contributed by atoms with E-state index in [-0.39, 0.29) is 19.3 Å². The lowest BCUT2D eigenvalue weighted by atomic mass is 9.71. The Bertz CT molecular complexity index is 1010. The first-order chi connectivity index (χ1) is 29.8. The summed E-state index contributed by atoms with van der Waals surface area (Å²) in [6, 6.07) is 0. The number of Topliss-reactive ketones (excluding diaryl/α,β-unsaturated/α-hetero) is 3. The van der Waals surface area contributed by atoms with Gasteiger partial charge >= 0.3 is 0 Å². The van der Waals surface area contributed by atoms with Gasteiger partial charge in [0.15, 0.2) is 23.0 Å². The van der Waals surface area contributed by atoms with Gasteiger partial charge in [0.2, 0.25) is 5.60 Å². The van der Waals surface area contributed by atoms with Gasteiger partial charge in [-0.05, 0) is 70.6 Å². The van der Waals surface area contributed by atoms with Crippen LogP contribution in [0, 0.1) is 0 Å². The van der Waals surface area contributed by atoms with Gasteiger partial charge in [-0.1, -0.05) is 225 Å². The van der Waals surface area contributed by atoms with Crippen LogP contribution in [0.5, 0.6) is 0 Å². The monoisotopic (exact) mass is 859 g/mol. The molecule has 0 rings (SSSR count). The molecular weight excluding hydrogens is 757 g/mol. The Balaban J connectivity index is 4.97. The topological polar surface area (TPSA) is 112 Å². The van der Waals surface area contributed by atoms with Crippen LogP contribution in [0.25, 0.3) is 0 Å². The molecule has 6 heteroatoms. The van der Waals surface area contributed by atoms with Gasteiger partial charge in [-0.2, -0.15) is 0 Å². The van der Waals surface area contributed by atoms with Crippen LogP contribution in [0.3, 0.4) is 0 Å². The van der Waals surface area contributed by atoms with E-state index in [1.54, 1.807) is 0 Å². The molecule has 0 fully saturated rings. The Hall–Kier alpha value is -1.63. The number of allylic oxidation sites excluding steroid dienone is 4. The Kier molecular flexibility index (Phi) is 42.4. The second kappa shape index (κ2) is 43.6. The second-order valence-corrected chi connectivity index (χ2v) is 18.7. The number of carbonyl (C=O) groups is 3. The van der Waals surface area contributed by atoms with Crippen molar-refractivity contribution in [3.63, 3.8) is 0 Å². The van der Waals surface area contributed by atoms with Crippen molar-refractivity contribution >= 4 is 17.3 Å². The van der Waals surface area contributed by atoms with Crippen LogP contribution in [-0.2, 0) is 14.4 Å². The zero-order valence-electron chi connectivity index (χ0n) is 40.8. The number of carbonyl (C=O) groups excluding carboxylic acids is 3. The van der Waals surface area contributed by atoms with Gasteiger partial charge in [0.1, 0.15) is 0 Å². The first-order valence-corrected chi connectivity index (χ1v) is 26.7. The Morgan fingerprint density at radius 1 is 0.328 bits per heavy atom. The van der Waals surface area contributed by atoms with E-state index < -0.39 is 35.2 Å². The number of unbranched alkanes of at least 4 members (excludes halogenated alkanes) is 34. The van der Waals surface area contributed by atoms with E-state index in [9.17, 15) is 29.7 Å². The van der Waals surface area contributed by atoms with Crippen LogP contribution in [0.4, 0.5) is 0 Å². The predicted octanol–water partition coefficient (Wildman–Crippen LogP) is 15.7. The fraction of sp³-hybridized carbons (Fsp3) is 0.873. The zero-order chi connectivity index (χ0) is 45.0. The van der Waals surface area contributed by atoms with Crippen molar-refractivity contribution in [3.05, 3.63) is 24.3 Å². The molecule has 0 saturated heterocycles. The van der Waals surface area contributed by atoms with Crippen LogP contribution < -0.4 is 0 Å². The van der Waals surface area contributed by atoms with E-state index in [2.05, 4.69) is 45.1 Å². The molecule has 1 atom stereocenters. The van der Waals surface area contributed by atoms with Crippen LogP contribution >= 0.6 is 0 Å². The highest BCUT2D eigenvalue weighted by atomic mass is 16.4. The highest BCUT2D eigenvalue weighted by Gasteiger charge is 2.62. The number of rotatable bonds is 49. The third-order valence-corrected chi connectivity index (χ3v) is 12.9. The minimum Gasteiger partial charge on any atom is -0.393 e. The fourth-order valence-electron chi connectivity index (χ4n) is 8.61. The summed E-state index contributed by atoms with van der Waals surface area (Å²) in [5.74, 6) is -2.48. The van der Waals surface area contributed by atoms with Gasteiger partial charge in [0.25, 0.3) is 0 Å². The zero-order valence-corrected chi connectivity index (χ0v) is 40.8. The molecule has 0 spiro atoms. The molecule has 0 aliphatic heterocycles. The molecule has 0 bridgehead atoms. The van der Waals surface area contributed by atoms with Crippen LogP contribution in [0.2, 0.25) is 0 Å². The maximum absolute atomic E-state index is 13.8. The summed E-state index contributed by atoms with van der Waals surface area (Å²) >= 11 is 0. The van der Waals surface area contributed by atoms with Crippen molar-refractivity contribution in [3.8, 4) is 0 Å². The smallest absolute Gasteiger partial charge is 0.219 e. The highest BCUT2D eigenvalue weighted by molar-refractivity contribution is 6.16. The summed E-state index contributed by atoms with van der Waals surface area (Å²) in [4.78, 5) is 41.2. The number of aliphatic hydroxyl groups is 3. The van der Waals surface area contributed by atoms with Crippen LogP contribution in [0.1, 0.15) is 290 Å². The quantitative estimate of drug-likeness (QED) is 0.0319. The SMILES string of the molecule is CCCCCCCCC=CCCCCCCCC(=O)C(O)(C(=O)CCCCCCCC=CCCCCCCCC)C(O)(CO)C(=O)CCCCCCCCCCCCCCC.